The van der Waals surface area contributed by atoms with E-state index in [-0.39, 0.29) is 12.0 Å². The fourth-order valence-corrected chi connectivity index (χ4v) is 2.43. The van der Waals surface area contributed by atoms with Crippen molar-refractivity contribution in [2.75, 3.05) is 26.4 Å². The van der Waals surface area contributed by atoms with Gasteiger partial charge in [-0.15, -0.1) is 0 Å². The van der Waals surface area contributed by atoms with Crippen molar-refractivity contribution >= 4 is 0 Å². The highest BCUT2D eigenvalue weighted by Crippen LogP contribution is 2.34. The average Bonchev–Trinajstić information content (AvgIpc) is 3.27. The van der Waals surface area contributed by atoms with E-state index in [2.05, 4.69) is 0 Å². The molecule has 4 nitrogen and oxygen atoms in total. The highest BCUT2D eigenvalue weighted by Gasteiger charge is 2.24. The minimum atomic E-state index is 0.0155. The maximum absolute atomic E-state index is 12.0. The van der Waals surface area contributed by atoms with Crippen molar-refractivity contribution in [3.8, 4) is 28.0 Å². The Hall–Kier alpha value is -2.43. The van der Waals surface area contributed by atoms with Crippen molar-refractivity contribution in [3.05, 3.63) is 64.8 Å². The number of rotatable bonds is 8. The smallest absolute Gasteiger partial charge is 0.195 e. The third-order valence-corrected chi connectivity index (χ3v) is 3.58. The van der Waals surface area contributed by atoms with Crippen LogP contribution in [-0.2, 0) is 4.74 Å². The highest BCUT2D eigenvalue weighted by atomic mass is 16.5. The molecule has 0 atom stereocenters. The molecule has 0 saturated heterocycles. The molecule has 23 heavy (non-hydrogen) atoms. The van der Waals surface area contributed by atoms with Gasteiger partial charge in [-0.1, -0.05) is 42.5 Å². The van der Waals surface area contributed by atoms with Crippen LogP contribution in [0.3, 0.4) is 0 Å². The summed E-state index contributed by atoms with van der Waals surface area (Å²) in [5, 5.41) is 8.60. The minimum absolute atomic E-state index is 0.0155. The van der Waals surface area contributed by atoms with Gasteiger partial charge in [-0.3, -0.25) is 4.79 Å². The van der Waals surface area contributed by atoms with Crippen LogP contribution in [0.15, 0.2) is 59.4 Å². The lowest BCUT2D eigenvalue weighted by Crippen LogP contribution is -2.08. The van der Waals surface area contributed by atoms with Crippen molar-refractivity contribution < 1.29 is 14.6 Å². The Morgan fingerprint density at radius 1 is 0.783 bits per heavy atom. The molecule has 0 aromatic heterocycles. The molecule has 0 radical (unpaired) electrons. The first kappa shape index (κ1) is 15.5. The molecule has 0 spiro atoms. The molecular weight excluding hydrogens is 292 g/mol. The molecule has 4 heteroatoms. The molecule has 0 amide bonds. The zero-order valence-electron chi connectivity index (χ0n) is 12.7. The predicted molar refractivity (Wildman–Crippen MR) is 89.4 cm³/mol. The van der Waals surface area contributed by atoms with E-state index in [4.69, 9.17) is 14.6 Å². The minimum Gasteiger partial charge on any atom is -0.491 e. The Balaban J connectivity index is 1.62. The van der Waals surface area contributed by atoms with Crippen molar-refractivity contribution in [2.24, 2.45) is 0 Å². The van der Waals surface area contributed by atoms with Crippen LogP contribution < -0.4 is 10.2 Å². The van der Waals surface area contributed by atoms with Gasteiger partial charge in [0.25, 0.3) is 0 Å². The molecule has 3 rings (SSSR count). The first-order valence-corrected chi connectivity index (χ1v) is 7.57. The van der Waals surface area contributed by atoms with Crippen LogP contribution in [0.25, 0.3) is 22.3 Å². The SMILES string of the molecule is O=c1c(-c2ccccc2)c1-c1ccc(OCCOCCO)cc1. The molecule has 3 aromatic rings. The number of aliphatic hydroxyl groups is 1. The summed E-state index contributed by atoms with van der Waals surface area (Å²) in [5.41, 5.74) is 3.58. The monoisotopic (exact) mass is 310 g/mol. The summed E-state index contributed by atoms with van der Waals surface area (Å²) in [4.78, 5) is 12.0. The second-order valence-electron chi connectivity index (χ2n) is 5.15. The topological polar surface area (TPSA) is 55.8 Å². The lowest BCUT2D eigenvalue weighted by atomic mass is 10.1. The van der Waals surface area contributed by atoms with Gasteiger partial charge < -0.3 is 14.6 Å². The fourth-order valence-electron chi connectivity index (χ4n) is 2.43. The quantitative estimate of drug-likeness (QED) is 0.650. The Kier molecular flexibility index (Phi) is 4.86. The van der Waals surface area contributed by atoms with Gasteiger partial charge in [-0.05, 0) is 23.3 Å². The second-order valence-corrected chi connectivity index (χ2v) is 5.15. The lowest BCUT2D eigenvalue weighted by molar-refractivity contribution is 0.0705. The van der Waals surface area contributed by atoms with E-state index in [9.17, 15) is 4.79 Å². The Morgan fingerprint density at radius 3 is 2.09 bits per heavy atom. The summed E-state index contributed by atoms with van der Waals surface area (Å²) in [5.74, 6) is 0.733. The predicted octanol–water partition coefficient (Wildman–Crippen LogP) is 2.64. The van der Waals surface area contributed by atoms with Crippen LogP contribution in [0.4, 0.5) is 0 Å². The molecule has 0 aliphatic rings. The maximum atomic E-state index is 12.0. The third-order valence-electron chi connectivity index (χ3n) is 3.58. The fraction of sp³-hybridized carbons (Fsp3) is 0.211. The largest absolute Gasteiger partial charge is 0.491 e. The molecule has 1 N–H and O–H groups in total. The molecule has 118 valence electrons. The summed E-state index contributed by atoms with van der Waals surface area (Å²) in [6, 6.07) is 17.2. The van der Waals surface area contributed by atoms with Gasteiger partial charge in [-0.25, -0.2) is 0 Å². The molecule has 0 saturated carbocycles. The average molecular weight is 310 g/mol. The molecular formula is C19H18O4. The van der Waals surface area contributed by atoms with Gasteiger partial charge in [0.2, 0.25) is 0 Å². The van der Waals surface area contributed by atoms with Gasteiger partial charge in [-0.2, -0.15) is 0 Å². The molecule has 0 aliphatic heterocycles. The van der Waals surface area contributed by atoms with Crippen LogP contribution in [0.1, 0.15) is 0 Å². The van der Waals surface area contributed by atoms with E-state index in [0.29, 0.717) is 19.8 Å². The molecule has 0 aliphatic carbocycles. The second kappa shape index (κ2) is 7.22. The van der Waals surface area contributed by atoms with Crippen LogP contribution in [0.5, 0.6) is 5.75 Å². The zero-order chi connectivity index (χ0) is 16.1. The molecule has 0 bridgehead atoms. The van der Waals surface area contributed by atoms with Crippen molar-refractivity contribution in [1.29, 1.82) is 0 Å². The molecule has 0 unspecified atom stereocenters. The Bertz CT molecular complexity index is 753. The molecule has 0 heterocycles. The van der Waals surface area contributed by atoms with Gasteiger partial charge in [0, 0.05) is 11.1 Å². The maximum Gasteiger partial charge on any atom is 0.195 e. The standard InChI is InChI=1S/C19H18O4/c20-10-11-22-12-13-23-16-8-6-15(7-9-16)18-17(19(18)21)14-4-2-1-3-5-14/h1-9,20H,10-13H2. The van der Waals surface area contributed by atoms with E-state index in [1.54, 1.807) is 0 Å². The summed E-state index contributed by atoms with van der Waals surface area (Å²) in [6.07, 6.45) is 0. The summed E-state index contributed by atoms with van der Waals surface area (Å²) in [6.45, 7) is 1.20. The van der Waals surface area contributed by atoms with Crippen molar-refractivity contribution in [3.63, 3.8) is 0 Å². The van der Waals surface area contributed by atoms with E-state index in [1.807, 2.05) is 54.6 Å². The summed E-state index contributed by atoms with van der Waals surface area (Å²) >= 11 is 0. The van der Waals surface area contributed by atoms with E-state index in [0.717, 1.165) is 28.0 Å². The summed E-state index contributed by atoms with van der Waals surface area (Å²) < 4.78 is 10.7. The first-order valence-electron chi connectivity index (χ1n) is 7.57. The van der Waals surface area contributed by atoms with Gasteiger partial charge >= 0.3 is 0 Å². The van der Waals surface area contributed by atoms with Gasteiger partial charge in [0.1, 0.15) is 12.4 Å². The number of hydrogen-bond acceptors (Lipinski definition) is 4. The van der Waals surface area contributed by atoms with Crippen molar-refractivity contribution in [2.45, 2.75) is 0 Å². The molecule has 0 fully saturated rings. The highest BCUT2D eigenvalue weighted by molar-refractivity contribution is 5.94. The van der Waals surface area contributed by atoms with E-state index in [1.165, 1.54) is 0 Å². The number of hydrogen-bond donors (Lipinski definition) is 1. The normalized spacial score (nSPS) is 11.0. The number of benzene rings is 2. The van der Waals surface area contributed by atoms with Crippen molar-refractivity contribution in [1.82, 2.24) is 0 Å². The van der Waals surface area contributed by atoms with Gasteiger partial charge in [0.05, 0.1) is 19.8 Å². The Labute approximate surface area is 134 Å². The van der Waals surface area contributed by atoms with Gasteiger partial charge in [0.15, 0.2) is 5.43 Å². The summed E-state index contributed by atoms with van der Waals surface area (Å²) in [7, 11) is 0. The lowest BCUT2D eigenvalue weighted by Gasteiger charge is -2.06. The number of aliphatic hydroxyl groups excluding tert-OH is 1. The van der Waals surface area contributed by atoms with E-state index < -0.39 is 0 Å². The number of ether oxygens (including phenoxy) is 2. The van der Waals surface area contributed by atoms with Crippen LogP contribution in [0.2, 0.25) is 0 Å². The van der Waals surface area contributed by atoms with Crippen LogP contribution >= 0.6 is 0 Å². The zero-order valence-corrected chi connectivity index (χ0v) is 12.7. The van der Waals surface area contributed by atoms with E-state index >= 15 is 0 Å². The third kappa shape index (κ3) is 3.67. The first-order chi connectivity index (χ1) is 11.3. The van der Waals surface area contributed by atoms with Crippen LogP contribution in [-0.4, -0.2) is 31.5 Å². The Morgan fingerprint density at radius 2 is 1.43 bits per heavy atom. The molecule has 3 aromatic carbocycles. The van der Waals surface area contributed by atoms with Crippen LogP contribution in [0, 0.1) is 0 Å².